The Bertz CT molecular complexity index is 462. The fourth-order valence-electron chi connectivity index (χ4n) is 2.49. The van der Waals surface area contributed by atoms with Crippen molar-refractivity contribution in [3.8, 4) is 0 Å². The second kappa shape index (κ2) is 7.19. The summed E-state index contributed by atoms with van der Waals surface area (Å²) in [5.41, 5.74) is -0.313. The molecule has 1 aromatic rings. The normalized spacial score (nSPS) is 16.1. The van der Waals surface area contributed by atoms with Gasteiger partial charge in [0.1, 0.15) is 5.69 Å². The summed E-state index contributed by atoms with van der Waals surface area (Å²) in [6.45, 7) is 0.902. The summed E-state index contributed by atoms with van der Waals surface area (Å²) in [6, 6.07) is 4.04. The van der Waals surface area contributed by atoms with E-state index < -0.39 is 16.4 Å². The monoisotopic (exact) mass is 282 g/mol. The number of hydrogen-bond acceptors (Lipinski definition) is 4. The minimum atomic E-state index is -0.826. The second-order valence-corrected chi connectivity index (χ2v) is 4.95. The van der Waals surface area contributed by atoms with E-state index in [-0.39, 0.29) is 5.69 Å². The summed E-state index contributed by atoms with van der Waals surface area (Å²) in [5, 5.41) is 13.7. The Morgan fingerprint density at radius 3 is 2.80 bits per heavy atom. The molecule has 1 N–H and O–H groups in total. The Morgan fingerprint density at radius 2 is 2.10 bits per heavy atom. The van der Waals surface area contributed by atoms with Gasteiger partial charge in [-0.25, -0.2) is 0 Å². The zero-order valence-corrected chi connectivity index (χ0v) is 11.3. The summed E-state index contributed by atoms with van der Waals surface area (Å²) in [5.74, 6) is -0.826. The standard InChI is InChI=1S/C14H19FN2O3/c15-12-7-4-8-13(14(12)17(18)19)16-9-10-20-11-5-2-1-3-6-11/h4,7-8,11,16H,1-3,5-6,9-10H2. The number of para-hydroxylation sites is 1. The van der Waals surface area contributed by atoms with Gasteiger partial charge in [-0.3, -0.25) is 10.1 Å². The summed E-state index contributed by atoms with van der Waals surface area (Å²) in [7, 11) is 0. The average molecular weight is 282 g/mol. The molecule has 1 aliphatic carbocycles. The predicted octanol–water partition coefficient (Wildman–Crippen LogP) is 3.50. The molecule has 0 amide bonds. The van der Waals surface area contributed by atoms with Crippen LogP contribution in [0.1, 0.15) is 32.1 Å². The molecule has 0 unspecified atom stereocenters. The number of benzene rings is 1. The van der Waals surface area contributed by atoms with Crippen LogP contribution in [0.4, 0.5) is 15.8 Å². The number of nitrogens with zero attached hydrogens (tertiary/aromatic N) is 1. The van der Waals surface area contributed by atoms with Crippen molar-refractivity contribution in [2.45, 2.75) is 38.2 Å². The molecule has 1 aromatic carbocycles. The molecule has 6 heteroatoms. The Hall–Kier alpha value is -1.69. The Labute approximate surface area is 117 Å². The highest BCUT2D eigenvalue weighted by Gasteiger charge is 2.19. The lowest BCUT2D eigenvalue weighted by atomic mass is 9.98. The molecule has 5 nitrogen and oxygen atoms in total. The zero-order valence-electron chi connectivity index (χ0n) is 11.3. The molecule has 0 bridgehead atoms. The molecular formula is C14H19FN2O3. The fraction of sp³-hybridized carbons (Fsp3) is 0.571. The van der Waals surface area contributed by atoms with Crippen LogP contribution in [0, 0.1) is 15.9 Å². The third-order valence-electron chi connectivity index (χ3n) is 3.49. The van der Waals surface area contributed by atoms with Crippen molar-refractivity contribution in [1.29, 1.82) is 0 Å². The van der Waals surface area contributed by atoms with E-state index >= 15 is 0 Å². The highest BCUT2D eigenvalue weighted by molar-refractivity contribution is 5.61. The maximum atomic E-state index is 13.4. The molecule has 0 heterocycles. The first kappa shape index (κ1) is 14.7. The summed E-state index contributed by atoms with van der Waals surface area (Å²) in [6.07, 6.45) is 6.14. The Morgan fingerprint density at radius 1 is 1.35 bits per heavy atom. The van der Waals surface area contributed by atoms with Crippen molar-refractivity contribution >= 4 is 11.4 Å². The van der Waals surface area contributed by atoms with E-state index in [0.717, 1.165) is 18.9 Å². The van der Waals surface area contributed by atoms with Gasteiger partial charge < -0.3 is 10.1 Å². The van der Waals surface area contributed by atoms with Crippen molar-refractivity contribution < 1.29 is 14.1 Å². The summed E-state index contributed by atoms with van der Waals surface area (Å²) < 4.78 is 19.1. The largest absolute Gasteiger partial charge is 0.377 e. The number of ether oxygens (including phenoxy) is 1. The predicted molar refractivity (Wildman–Crippen MR) is 74.4 cm³/mol. The van der Waals surface area contributed by atoms with Crippen LogP contribution in [0.2, 0.25) is 0 Å². The third-order valence-corrected chi connectivity index (χ3v) is 3.49. The van der Waals surface area contributed by atoms with E-state index in [2.05, 4.69) is 5.32 Å². The van der Waals surface area contributed by atoms with Crippen LogP contribution in [0.15, 0.2) is 18.2 Å². The quantitative estimate of drug-likeness (QED) is 0.493. The number of nitrogens with one attached hydrogen (secondary N) is 1. The van der Waals surface area contributed by atoms with Gasteiger partial charge in [-0.1, -0.05) is 25.3 Å². The van der Waals surface area contributed by atoms with Crippen molar-refractivity contribution in [2.75, 3.05) is 18.5 Å². The molecule has 2 rings (SSSR count). The molecule has 0 aliphatic heterocycles. The van der Waals surface area contributed by atoms with Crippen LogP contribution >= 0.6 is 0 Å². The maximum Gasteiger partial charge on any atom is 0.327 e. The van der Waals surface area contributed by atoms with Crippen LogP contribution in [0.3, 0.4) is 0 Å². The molecule has 0 radical (unpaired) electrons. The maximum absolute atomic E-state index is 13.4. The number of nitro benzene ring substituents is 1. The Balaban J connectivity index is 1.82. The van der Waals surface area contributed by atoms with E-state index in [1.807, 2.05) is 0 Å². The molecule has 20 heavy (non-hydrogen) atoms. The summed E-state index contributed by atoms with van der Waals surface area (Å²) in [4.78, 5) is 10.1. The minimum absolute atomic E-state index is 0.197. The number of anilines is 1. The molecule has 1 saturated carbocycles. The van der Waals surface area contributed by atoms with Gasteiger partial charge in [-0.2, -0.15) is 4.39 Å². The van der Waals surface area contributed by atoms with Crippen molar-refractivity contribution in [3.05, 3.63) is 34.1 Å². The fourth-order valence-corrected chi connectivity index (χ4v) is 2.49. The molecule has 1 fully saturated rings. The SMILES string of the molecule is O=[N+]([O-])c1c(F)cccc1NCCOC1CCCCC1. The number of nitro groups is 1. The van der Waals surface area contributed by atoms with Gasteiger partial charge >= 0.3 is 5.69 Å². The lowest BCUT2D eigenvalue weighted by Gasteiger charge is -2.22. The molecule has 0 saturated heterocycles. The molecule has 0 spiro atoms. The van der Waals surface area contributed by atoms with E-state index in [1.165, 1.54) is 31.4 Å². The molecule has 0 atom stereocenters. The molecule has 1 aliphatic rings. The van der Waals surface area contributed by atoms with Gasteiger partial charge in [0.2, 0.25) is 5.82 Å². The molecule has 0 aromatic heterocycles. The van der Waals surface area contributed by atoms with Crippen molar-refractivity contribution in [2.24, 2.45) is 0 Å². The van der Waals surface area contributed by atoms with Crippen LogP contribution in [0.25, 0.3) is 0 Å². The van der Waals surface area contributed by atoms with Gasteiger partial charge in [0, 0.05) is 6.54 Å². The van der Waals surface area contributed by atoms with Crippen molar-refractivity contribution in [3.63, 3.8) is 0 Å². The third kappa shape index (κ3) is 3.90. The van der Waals surface area contributed by atoms with Gasteiger partial charge in [-0.15, -0.1) is 0 Å². The number of rotatable bonds is 6. The number of halogens is 1. The van der Waals surface area contributed by atoms with Gasteiger partial charge in [0.05, 0.1) is 17.6 Å². The zero-order chi connectivity index (χ0) is 14.4. The molecule has 110 valence electrons. The second-order valence-electron chi connectivity index (χ2n) is 4.95. The smallest absolute Gasteiger partial charge is 0.327 e. The van der Waals surface area contributed by atoms with Crippen molar-refractivity contribution in [1.82, 2.24) is 0 Å². The molecular weight excluding hydrogens is 263 g/mol. The topological polar surface area (TPSA) is 64.4 Å². The average Bonchev–Trinajstić information content (AvgIpc) is 2.44. The highest BCUT2D eigenvalue weighted by atomic mass is 19.1. The van der Waals surface area contributed by atoms with E-state index in [9.17, 15) is 14.5 Å². The summed E-state index contributed by atoms with van der Waals surface area (Å²) >= 11 is 0. The van der Waals surface area contributed by atoms with E-state index in [0.29, 0.717) is 19.3 Å². The first-order valence-electron chi connectivity index (χ1n) is 6.97. The highest BCUT2D eigenvalue weighted by Crippen LogP contribution is 2.27. The first-order chi connectivity index (χ1) is 9.68. The van der Waals surface area contributed by atoms with Crippen LogP contribution in [-0.4, -0.2) is 24.2 Å². The lowest BCUT2D eigenvalue weighted by molar-refractivity contribution is -0.386. The van der Waals surface area contributed by atoms with Crippen LogP contribution < -0.4 is 5.32 Å². The van der Waals surface area contributed by atoms with Crippen LogP contribution in [-0.2, 0) is 4.74 Å². The van der Waals surface area contributed by atoms with E-state index in [1.54, 1.807) is 0 Å². The minimum Gasteiger partial charge on any atom is -0.377 e. The van der Waals surface area contributed by atoms with Gasteiger partial charge in [0.25, 0.3) is 0 Å². The van der Waals surface area contributed by atoms with Gasteiger partial charge in [-0.05, 0) is 25.0 Å². The first-order valence-corrected chi connectivity index (χ1v) is 6.97. The van der Waals surface area contributed by atoms with E-state index in [4.69, 9.17) is 4.74 Å². The van der Waals surface area contributed by atoms with Crippen LogP contribution in [0.5, 0.6) is 0 Å². The Kier molecular flexibility index (Phi) is 5.29. The number of hydrogen-bond donors (Lipinski definition) is 1. The van der Waals surface area contributed by atoms with Gasteiger partial charge in [0.15, 0.2) is 0 Å². The lowest BCUT2D eigenvalue weighted by Crippen LogP contribution is -2.20.